The SMILES string of the molecule is CCCNC(Cc1ccncc1)C1CCC1. The molecule has 1 atom stereocenters. The minimum atomic E-state index is 0.677. The highest BCUT2D eigenvalue weighted by Gasteiger charge is 2.26. The summed E-state index contributed by atoms with van der Waals surface area (Å²) >= 11 is 0. The molecule has 2 rings (SSSR count). The van der Waals surface area contributed by atoms with Crippen LogP contribution in [0.2, 0.25) is 0 Å². The van der Waals surface area contributed by atoms with Gasteiger partial charge in [-0.25, -0.2) is 0 Å². The van der Waals surface area contributed by atoms with E-state index in [0.717, 1.165) is 18.9 Å². The number of nitrogens with one attached hydrogen (secondary N) is 1. The quantitative estimate of drug-likeness (QED) is 0.794. The predicted molar refractivity (Wildman–Crippen MR) is 67.4 cm³/mol. The first-order valence-corrected chi connectivity index (χ1v) is 6.52. The van der Waals surface area contributed by atoms with Gasteiger partial charge in [-0.1, -0.05) is 13.3 Å². The molecular weight excluding hydrogens is 196 g/mol. The van der Waals surface area contributed by atoms with E-state index in [0.29, 0.717) is 6.04 Å². The Morgan fingerprint density at radius 3 is 2.69 bits per heavy atom. The molecule has 0 spiro atoms. The summed E-state index contributed by atoms with van der Waals surface area (Å²) in [6.07, 6.45) is 10.4. The maximum atomic E-state index is 4.07. The normalized spacial score (nSPS) is 18.1. The van der Waals surface area contributed by atoms with Crippen molar-refractivity contribution in [1.29, 1.82) is 0 Å². The third-order valence-electron chi connectivity index (χ3n) is 3.58. The van der Waals surface area contributed by atoms with E-state index in [1.54, 1.807) is 0 Å². The molecule has 1 aliphatic carbocycles. The van der Waals surface area contributed by atoms with Gasteiger partial charge in [0.15, 0.2) is 0 Å². The van der Waals surface area contributed by atoms with Crippen LogP contribution in [0.25, 0.3) is 0 Å². The third-order valence-corrected chi connectivity index (χ3v) is 3.58. The molecule has 0 saturated heterocycles. The maximum absolute atomic E-state index is 4.07. The van der Waals surface area contributed by atoms with E-state index in [2.05, 4.69) is 29.4 Å². The summed E-state index contributed by atoms with van der Waals surface area (Å²) in [5.74, 6) is 0.903. The van der Waals surface area contributed by atoms with E-state index >= 15 is 0 Å². The Hall–Kier alpha value is -0.890. The first-order chi connectivity index (χ1) is 7.90. The van der Waals surface area contributed by atoms with Gasteiger partial charge in [0.25, 0.3) is 0 Å². The summed E-state index contributed by atoms with van der Waals surface area (Å²) in [6.45, 7) is 3.38. The van der Waals surface area contributed by atoms with E-state index in [-0.39, 0.29) is 0 Å². The molecule has 1 aromatic rings. The Bertz CT molecular complexity index is 293. The second-order valence-corrected chi connectivity index (χ2v) is 4.81. The molecule has 1 heterocycles. The third kappa shape index (κ3) is 3.05. The van der Waals surface area contributed by atoms with Crippen LogP contribution in [0.5, 0.6) is 0 Å². The van der Waals surface area contributed by atoms with Crippen molar-refractivity contribution in [3.05, 3.63) is 30.1 Å². The molecule has 1 aromatic heterocycles. The van der Waals surface area contributed by atoms with Crippen molar-refractivity contribution in [2.24, 2.45) is 5.92 Å². The fourth-order valence-corrected chi connectivity index (χ4v) is 2.35. The van der Waals surface area contributed by atoms with Crippen molar-refractivity contribution >= 4 is 0 Å². The van der Waals surface area contributed by atoms with Crippen molar-refractivity contribution in [1.82, 2.24) is 10.3 Å². The molecule has 0 aromatic carbocycles. The van der Waals surface area contributed by atoms with Gasteiger partial charge in [-0.2, -0.15) is 0 Å². The van der Waals surface area contributed by atoms with Gasteiger partial charge in [0.2, 0.25) is 0 Å². The highest BCUT2D eigenvalue weighted by Crippen LogP contribution is 2.31. The summed E-state index contributed by atoms with van der Waals surface area (Å²) in [6, 6.07) is 4.95. The van der Waals surface area contributed by atoms with Crippen molar-refractivity contribution < 1.29 is 0 Å². The molecule has 0 radical (unpaired) electrons. The smallest absolute Gasteiger partial charge is 0.0270 e. The van der Waals surface area contributed by atoms with Gasteiger partial charge in [0.05, 0.1) is 0 Å². The lowest BCUT2D eigenvalue weighted by Gasteiger charge is -2.34. The Kier molecular flexibility index (Phi) is 4.34. The average molecular weight is 218 g/mol. The Labute approximate surface area is 98.5 Å². The zero-order valence-corrected chi connectivity index (χ0v) is 10.2. The van der Waals surface area contributed by atoms with Crippen molar-refractivity contribution in [3.63, 3.8) is 0 Å². The molecule has 0 aliphatic heterocycles. The lowest BCUT2D eigenvalue weighted by molar-refractivity contribution is 0.227. The number of aromatic nitrogens is 1. The van der Waals surface area contributed by atoms with E-state index in [1.165, 1.54) is 31.2 Å². The summed E-state index contributed by atoms with van der Waals surface area (Å²) in [7, 11) is 0. The van der Waals surface area contributed by atoms with Gasteiger partial charge in [-0.15, -0.1) is 0 Å². The number of rotatable bonds is 6. The molecule has 1 aliphatic rings. The van der Waals surface area contributed by atoms with Crippen molar-refractivity contribution in [2.75, 3.05) is 6.54 Å². The second kappa shape index (κ2) is 6.00. The van der Waals surface area contributed by atoms with Crippen LogP contribution in [0, 0.1) is 5.92 Å². The lowest BCUT2D eigenvalue weighted by Crippen LogP contribution is -2.41. The summed E-state index contributed by atoms with van der Waals surface area (Å²) < 4.78 is 0. The highest BCUT2D eigenvalue weighted by molar-refractivity contribution is 5.12. The van der Waals surface area contributed by atoms with Crippen molar-refractivity contribution in [2.45, 2.75) is 45.1 Å². The largest absolute Gasteiger partial charge is 0.313 e. The van der Waals surface area contributed by atoms with Crippen LogP contribution < -0.4 is 5.32 Å². The van der Waals surface area contributed by atoms with Crippen LogP contribution in [0.3, 0.4) is 0 Å². The van der Waals surface area contributed by atoms with Crippen LogP contribution in [-0.4, -0.2) is 17.6 Å². The Morgan fingerprint density at radius 1 is 1.38 bits per heavy atom. The zero-order valence-electron chi connectivity index (χ0n) is 10.2. The first-order valence-electron chi connectivity index (χ1n) is 6.52. The molecule has 0 bridgehead atoms. The summed E-state index contributed by atoms with van der Waals surface area (Å²) in [4.78, 5) is 4.07. The fourth-order valence-electron chi connectivity index (χ4n) is 2.35. The summed E-state index contributed by atoms with van der Waals surface area (Å²) in [5, 5.41) is 3.70. The molecule has 0 amide bonds. The second-order valence-electron chi connectivity index (χ2n) is 4.81. The maximum Gasteiger partial charge on any atom is 0.0270 e. The molecule has 16 heavy (non-hydrogen) atoms. The van der Waals surface area contributed by atoms with Crippen LogP contribution in [0.1, 0.15) is 38.2 Å². The number of pyridine rings is 1. The van der Waals surface area contributed by atoms with Crippen LogP contribution in [-0.2, 0) is 6.42 Å². The van der Waals surface area contributed by atoms with Gasteiger partial charge >= 0.3 is 0 Å². The van der Waals surface area contributed by atoms with Gasteiger partial charge in [0.1, 0.15) is 0 Å². The van der Waals surface area contributed by atoms with Gasteiger partial charge in [-0.3, -0.25) is 4.98 Å². The molecule has 2 heteroatoms. The molecule has 1 N–H and O–H groups in total. The molecule has 1 fully saturated rings. The average Bonchev–Trinajstić information content (AvgIpc) is 2.25. The molecular formula is C14H22N2. The van der Waals surface area contributed by atoms with E-state index in [1.807, 2.05) is 12.4 Å². The molecule has 1 unspecified atom stereocenters. The van der Waals surface area contributed by atoms with E-state index in [4.69, 9.17) is 0 Å². The number of hydrogen-bond acceptors (Lipinski definition) is 2. The Balaban J connectivity index is 1.90. The van der Waals surface area contributed by atoms with Crippen LogP contribution in [0.15, 0.2) is 24.5 Å². The number of nitrogens with zero attached hydrogens (tertiary/aromatic N) is 1. The molecule has 88 valence electrons. The number of hydrogen-bond donors (Lipinski definition) is 1. The minimum absolute atomic E-state index is 0.677. The van der Waals surface area contributed by atoms with Gasteiger partial charge in [-0.05, 0) is 55.8 Å². The van der Waals surface area contributed by atoms with Gasteiger partial charge in [0, 0.05) is 18.4 Å². The molecule has 1 saturated carbocycles. The monoisotopic (exact) mass is 218 g/mol. The zero-order chi connectivity index (χ0) is 11.2. The molecule has 2 nitrogen and oxygen atoms in total. The fraction of sp³-hybridized carbons (Fsp3) is 0.643. The highest BCUT2D eigenvalue weighted by atomic mass is 14.9. The van der Waals surface area contributed by atoms with E-state index in [9.17, 15) is 0 Å². The Morgan fingerprint density at radius 2 is 2.12 bits per heavy atom. The van der Waals surface area contributed by atoms with E-state index < -0.39 is 0 Å². The summed E-state index contributed by atoms with van der Waals surface area (Å²) in [5.41, 5.74) is 1.41. The van der Waals surface area contributed by atoms with Crippen LogP contribution in [0.4, 0.5) is 0 Å². The first kappa shape index (κ1) is 11.6. The van der Waals surface area contributed by atoms with Crippen LogP contribution >= 0.6 is 0 Å². The topological polar surface area (TPSA) is 24.9 Å². The predicted octanol–water partition coefficient (Wildman–Crippen LogP) is 2.79. The minimum Gasteiger partial charge on any atom is -0.313 e. The van der Waals surface area contributed by atoms with Crippen molar-refractivity contribution in [3.8, 4) is 0 Å². The van der Waals surface area contributed by atoms with Gasteiger partial charge < -0.3 is 5.32 Å². The lowest BCUT2D eigenvalue weighted by atomic mass is 9.77. The standard InChI is InChI=1S/C14H22N2/c1-2-8-16-14(13-4-3-5-13)11-12-6-9-15-10-7-12/h6-7,9-10,13-14,16H,2-5,8,11H2,1H3.